The fourth-order valence-electron chi connectivity index (χ4n) is 2.41. The zero-order valence-electron chi connectivity index (χ0n) is 12.2. The molecule has 2 N–H and O–H groups in total. The van der Waals surface area contributed by atoms with E-state index in [1.807, 2.05) is 12.3 Å². The molecule has 1 saturated heterocycles. The van der Waals surface area contributed by atoms with Gasteiger partial charge in [0.2, 0.25) is 5.91 Å². The summed E-state index contributed by atoms with van der Waals surface area (Å²) < 4.78 is 5.69. The molecule has 1 aliphatic heterocycles. The highest BCUT2D eigenvalue weighted by Crippen LogP contribution is 2.24. The van der Waals surface area contributed by atoms with Crippen molar-refractivity contribution in [2.75, 3.05) is 25.4 Å². The molecule has 0 saturated carbocycles. The first-order valence-corrected chi connectivity index (χ1v) is 7.88. The lowest BCUT2D eigenvalue weighted by molar-refractivity contribution is -0.138. The Hall–Kier alpha value is -2.06. The number of anilines is 1. The van der Waals surface area contributed by atoms with Gasteiger partial charge in [-0.3, -0.25) is 9.78 Å². The van der Waals surface area contributed by atoms with Crippen molar-refractivity contribution in [2.24, 2.45) is 0 Å². The van der Waals surface area contributed by atoms with Gasteiger partial charge in [0.05, 0.1) is 30.3 Å². The monoisotopic (exact) mass is 319 g/mol. The topological polar surface area (TPSA) is 94.2 Å². The highest BCUT2D eigenvalue weighted by Gasteiger charge is 2.28. The molecule has 0 unspecified atom stereocenters. The van der Waals surface area contributed by atoms with Gasteiger partial charge in [-0.1, -0.05) is 0 Å². The number of nitrogens with two attached hydrogens (primary N) is 1. The number of thiazole rings is 1. The average Bonchev–Trinajstić information content (AvgIpc) is 2.93. The standard InChI is InChI=1S/C14H17N5O2S/c1-9-18-10(8-22-9)6-12(20)19-4-5-21-11(7-19)13-14(15)17-3-2-16-13/h2-3,8,11H,4-7H2,1H3,(H2,15,17)/t11-/m1/s1. The first-order chi connectivity index (χ1) is 10.6. The fourth-order valence-corrected chi connectivity index (χ4v) is 3.02. The second-order valence-electron chi connectivity index (χ2n) is 5.06. The van der Waals surface area contributed by atoms with Crippen molar-refractivity contribution in [1.29, 1.82) is 0 Å². The van der Waals surface area contributed by atoms with Crippen LogP contribution in [0.25, 0.3) is 0 Å². The zero-order chi connectivity index (χ0) is 15.5. The molecule has 2 aromatic heterocycles. The van der Waals surface area contributed by atoms with E-state index in [0.29, 0.717) is 37.6 Å². The highest BCUT2D eigenvalue weighted by atomic mass is 32.1. The van der Waals surface area contributed by atoms with Gasteiger partial charge in [0.25, 0.3) is 0 Å². The molecule has 8 heteroatoms. The molecule has 1 atom stereocenters. The molecule has 0 bridgehead atoms. The number of hydrogen-bond donors (Lipinski definition) is 1. The number of aromatic nitrogens is 3. The van der Waals surface area contributed by atoms with E-state index < -0.39 is 0 Å². The summed E-state index contributed by atoms with van der Waals surface area (Å²) in [6.45, 7) is 3.40. The minimum atomic E-state index is -0.330. The van der Waals surface area contributed by atoms with Crippen molar-refractivity contribution in [3.8, 4) is 0 Å². The van der Waals surface area contributed by atoms with Crippen molar-refractivity contribution < 1.29 is 9.53 Å². The maximum Gasteiger partial charge on any atom is 0.228 e. The number of ether oxygens (including phenoxy) is 1. The molecule has 3 heterocycles. The Morgan fingerprint density at radius 2 is 2.32 bits per heavy atom. The van der Waals surface area contributed by atoms with Gasteiger partial charge in [0, 0.05) is 24.3 Å². The number of hydrogen-bond acceptors (Lipinski definition) is 7. The Labute approximate surface area is 132 Å². The summed E-state index contributed by atoms with van der Waals surface area (Å²) in [5.74, 6) is 0.387. The minimum Gasteiger partial charge on any atom is -0.382 e. The van der Waals surface area contributed by atoms with Crippen LogP contribution in [0.5, 0.6) is 0 Å². The highest BCUT2D eigenvalue weighted by molar-refractivity contribution is 7.09. The number of nitrogens with zero attached hydrogens (tertiary/aromatic N) is 4. The minimum absolute atomic E-state index is 0.0426. The lowest BCUT2D eigenvalue weighted by Gasteiger charge is -2.32. The number of amides is 1. The molecule has 7 nitrogen and oxygen atoms in total. The summed E-state index contributed by atoms with van der Waals surface area (Å²) in [6, 6.07) is 0. The van der Waals surface area contributed by atoms with Crippen molar-refractivity contribution in [2.45, 2.75) is 19.4 Å². The largest absolute Gasteiger partial charge is 0.382 e. The van der Waals surface area contributed by atoms with E-state index in [2.05, 4.69) is 15.0 Å². The molecular weight excluding hydrogens is 302 g/mol. The Morgan fingerprint density at radius 1 is 1.50 bits per heavy atom. The lowest BCUT2D eigenvalue weighted by Crippen LogP contribution is -2.43. The maximum absolute atomic E-state index is 12.4. The van der Waals surface area contributed by atoms with Gasteiger partial charge in [0.1, 0.15) is 17.6 Å². The summed E-state index contributed by atoms with van der Waals surface area (Å²) in [4.78, 5) is 26.8. The number of nitrogen functional groups attached to an aromatic ring is 1. The van der Waals surface area contributed by atoms with Crippen molar-refractivity contribution in [3.63, 3.8) is 0 Å². The normalized spacial score (nSPS) is 18.4. The Balaban J connectivity index is 1.67. The lowest BCUT2D eigenvalue weighted by atomic mass is 10.2. The second kappa shape index (κ2) is 6.37. The third-order valence-corrected chi connectivity index (χ3v) is 4.30. The summed E-state index contributed by atoms with van der Waals surface area (Å²) in [5.41, 5.74) is 7.24. The van der Waals surface area contributed by atoms with Crippen molar-refractivity contribution in [3.05, 3.63) is 34.2 Å². The first kappa shape index (κ1) is 14.9. The van der Waals surface area contributed by atoms with Gasteiger partial charge in [-0.25, -0.2) is 9.97 Å². The Morgan fingerprint density at radius 3 is 3.05 bits per heavy atom. The molecule has 2 aromatic rings. The van der Waals surface area contributed by atoms with E-state index in [1.165, 1.54) is 6.20 Å². The Bertz CT molecular complexity index is 675. The predicted molar refractivity (Wildman–Crippen MR) is 82.3 cm³/mol. The molecule has 1 amide bonds. The number of carbonyl (C=O) groups is 1. The van der Waals surface area contributed by atoms with Crippen LogP contribution in [0, 0.1) is 6.92 Å². The molecule has 116 valence electrons. The van der Waals surface area contributed by atoms with Crippen LogP contribution in [0.1, 0.15) is 22.5 Å². The SMILES string of the molecule is Cc1nc(CC(=O)N2CCO[C@@H](c3nccnc3N)C2)cs1. The second-order valence-corrected chi connectivity index (χ2v) is 6.12. The van der Waals surface area contributed by atoms with E-state index in [0.717, 1.165) is 10.7 Å². The van der Waals surface area contributed by atoms with Gasteiger partial charge in [-0.2, -0.15) is 0 Å². The van der Waals surface area contributed by atoms with E-state index in [4.69, 9.17) is 10.5 Å². The van der Waals surface area contributed by atoms with Crippen LogP contribution in [0.4, 0.5) is 5.82 Å². The van der Waals surface area contributed by atoms with E-state index in [-0.39, 0.29) is 12.0 Å². The predicted octanol–water partition coefficient (Wildman–Crippen LogP) is 0.966. The van der Waals surface area contributed by atoms with Crippen LogP contribution in [-0.2, 0) is 16.0 Å². The molecule has 22 heavy (non-hydrogen) atoms. The smallest absolute Gasteiger partial charge is 0.228 e. The third-order valence-electron chi connectivity index (χ3n) is 3.48. The summed E-state index contributed by atoms with van der Waals surface area (Å²) in [7, 11) is 0. The molecule has 0 aromatic carbocycles. The maximum atomic E-state index is 12.4. The number of rotatable bonds is 3. The number of aryl methyl sites for hydroxylation is 1. The van der Waals surface area contributed by atoms with Crippen LogP contribution in [0.2, 0.25) is 0 Å². The van der Waals surface area contributed by atoms with Crippen LogP contribution >= 0.6 is 11.3 Å². The van der Waals surface area contributed by atoms with E-state index in [1.54, 1.807) is 22.4 Å². The average molecular weight is 319 g/mol. The van der Waals surface area contributed by atoms with Crippen LogP contribution in [0.3, 0.4) is 0 Å². The zero-order valence-corrected chi connectivity index (χ0v) is 13.0. The Kier molecular flexibility index (Phi) is 4.30. The van der Waals surface area contributed by atoms with Crippen molar-refractivity contribution in [1.82, 2.24) is 19.9 Å². The van der Waals surface area contributed by atoms with Gasteiger partial charge in [0.15, 0.2) is 0 Å². The quantitative estimate of drug-likeness (QED) is 0.906. The third kappa shape index (κ3) is 3.23. The van der Waals surface area contributed by atoms with Crippen molar-refractivity contribution >= 4 is 23.1 Å². The number of carbonyl (C=O) groups excluding carboxylic acids is 1. The van der Waals surface area contributed by atoms with E-state index >= 15 is 0 Å². The molecule has 0 spiro atoms. The molecule has 1 aliphatic rings. The van der Waals surface area contributed by atoms with Gasteiger partial charge >= 0.3 is 0 Å². The summed E-state index contributed by atoms with van der Waals surface area (Å²) >= 11 is 1.55. The van der Waals surface area contributed by atoms with Crippen LogP contribution in [-0.4, -0.2) is 45.5 Å². The summed E-state index contributed by atoms with van der Waals surface area (Å²) in [6.07, 6.45) is 3.10. The van der Waals surface area contributed by atoms with Gasteiger partial charge in [-0.15, -0.1) is 11.3 Å². The van der Waals surface area contributed by atoms with Gasteiger partial charge < -0.3 is 15.4 Å². The molecule has 0 radical (unpaired) electrons. The molecule has 0 aliphatic carbocycles. The summed E-state index contributed by atoms with van der Waals surface area (Å²) in [5, 5.41) is 2.89. The van der Waals surface area contributed by atoms with Crippen LogP contribution < -0.4 is 5.73 Å². The number of morpholine rings is 1. The fraction of sp³-hybridized carbons (Fsp3) is 0.429. The molecule has 3 rings (SSSR count). The molecular formula is C14H17N5O2S. The molecule has 1 fully saturated rings. The first-order valence-electron chi connectivity index (χ1n) is 7.00. The van der Waals surface area contributed by atoms with Crippen LogP contribution in [0.15, 0.2) is 17.8 Å². The van der Waals surface area contributed by atoms with E-state index in [9.17, 15) is 4.79 Å². The van der Waals surface area contributed by atoms with Gasteiger partial charge in [-0.05, 0) is 6.92 Å².